The molecule has 1 saturated heterocycles. The molecule has 4 aromatic carbocycles. The van der Waals surface area contributed by atoms with Crippen LogP contribution in [0, 0.1) is 17.2 Å². The summed E-state index contributed by atoms with van der Waals surface area (Å²) in [6.07, 6.45) is 5.27. The lowest BCUT2D eigenvalue weighted by atomic mass is 9.94. The molecule has 5 aromatic rings. The van der Waals surface area contributed by atoms with Gasteiger partial charge in [0, 0.05) is 28.5 Å². The Morgan fingerprint density at radius 1 is 0.909 bits per heavy atom. The van der Waals surface area contributed by atoms with E-state index in [0.717, 1.165) is 59.2 Å². The van der Waals surface area contributed by atoms with Gasteiger partial charge in [-0.25, -0.2) is 4.98 Å². The summed E-state index contributed by atoms with van der Waals surface area (Å²) in [6, 6.07) is 33.1. The number of hydrogen-bond acceptors (Lipinski definition) is 9. The summed E-state index contributed by atoms with van der Waals surface area (Å²) in [5.41, 5.74) is 5.97. The average Bonchev–Trinajstić information content (AvgIpc) is 3.61. The van der Waals surface area contributed by atoms with Crippen LogP contribution in [0.15, 0.2) is 102 Å². The molecule has 0 saturated carbocycles. The van der Waals surface area contributed by atoms with Crippen LogP contribution in [-0.4, -0.2) is 29.0 Å². The quantitative estimate of drug-likeness (QED) is 0.0953. The summed E-state index contributed by atoms with van der Waals surface area (Å²) < 4.78 is 13.7. The molecule has 1 fully saturated rings. The van der Waals surface area contributed by atoms with Crippen LogP contribution in [0.3, 0.4) is 0 Å². The first-order valence-corrected chi connectivity index (χ1v) is 16.5. The van der Waals surface area contributed by atoms with Crippen molar-refractivity contribution in [3.63, 3.8) is 0 Å². The van der Waals surface area contributed by atoms with Gasteiger partial charge in [0.05, 0.1) is 5.56 Å². The molecule has 0 radical (unpaired) electrons. The third-order valence-corrected chi connectivity index (χ3v) is 9.25. The number of nitrogens with zero attached hydrogens (tertiary/aromatic N) is 3. The largest absolute Gasteiger partial charge is 0.455 e. The highest BCUT2D eigenvalue weighted by Crippen LogP contribution is 2.39. The predicted molar refractivity (Wildman–Crippen MR) is 180 cm³/mol. The van der Waals surface area contributed by atoms with E-state index in [1.165, 1.54) is 54.6 Å². The molecule has 222 valence electrons. The minimum absolute atomic E-state index is 0.457. The fraction of sp³-hybridized carbons (Fsp3) is 0.229. The molecule has 6 rings (SSSR count). The number of anilines is 1. The standard InChI is InChI=1S/C35H34N6OS2/c36-22-30-20-31(43-41-35-39-24-40-44-35)10-12-33(30)42-34-11-9-28(27-6-2-1-3-7-27)21-32(34)29-8-4-5-26(19-29)23-38-18-15-25-13-16-37-17-14-25/h1-12,19-21,24-25,37-38H,13-18,23H2,(H,39,40,41). The van der Waals surface area contributed by atoms with E-state index in [1.54, 1.807) is 0 Å². The van der Waals surface area contributed by atoms with Gasteiger partial charge < -0.3 is 20.1 Å². The van der Waals surface area contributed by atoms with E-state index >= 15 is 0 Å². The summed E-state index contributed by atoms with van der Waals surface area (Å²) in [5, 5.41) is 17.8. The maximum absolute atomic E-state index is 9.98. The number of benzene rings is 4. The fourth-order valence-corrected chi connectivity index (χ4v) is 6.53. The van der Waals surface area contributed by atoms with Crippen molar-refractivity contribution < 1.29 is 4.74 Å². The summed E-state index contributed by atoms with van der Waals surface area (Å²) in [5.74, 6) is 2.02. The van der Waals surface area contributed by atoms with Gasteiger partial charge in [-0.2, -0.15) is 9.64 Å². The van der Waals surface area contributed by atoms with Crippen molar-refractivity contribution in [3.05, 3.63) is 108 Å². The molecule has 0 spiro atoms. The number of ether oxygens (including phenoxy) is 1. The van der Waals surface area contributed by atoms with Gasteiger partial charge in [0.15, 0.2) is 0 Å². The van der Waals surface area contributed by atoms with Crippen molar-refractivity contribution >= 4 is 28.6 Å². The van der Waals surface area contributed by atoms with Crippen LogP contribution < -0.4 is 20.1 Å². The second-order valence-electron chi connectivity index (χ2n) is 10.8. The van der Waals surface area contributed by atoms with Gasteiger partial charge in [-0.1, -0.05) is 54.6 Å². The molecule has 7 nitrogen and oxygen atoms in total. The highest BCUT2D eigenvalue weighted by atomic mass is 32.2. The molecule has 9 heteroatoms. The highest BCUT2D eigenvalue weighted by Gasteiger charge is 2.15. The Morgan fingerprint density at radius 3 is 2.57 bits per heavy atom. The molecule has 3 N–H and O–H groups in total. The molecule has 0 aliphatic carbocycles. The number of rotatable bonds is 12. The third-order valence-electron chi connectivity index (χ3n) is 7.75. The second-order valence-corrected chi connectivity index (χ2v) is 12.4. The molecule has 0 unspecified atom stereocenters. The number of nitrogens with one attached hydrogen (secondary N) is 3. The van der Waals surface area contributed by atoms with E-state index in [4.69, 9.17) is 4.74 Å². The van der Waals surface area contributed by atoms with Crippen LogP contribution in [0.1, 0.15) is 30.4 Å². The molecule has 44 heavy (non-hydrogen) atoms. The molecular formula is C35H34N6OS2. The summed E-state index contributed by atoms with van der Waals surface area (Å²) in [6.45, 7) is 4.12. The first kappa shape index (κ1) is 29.9. The van der Waals surface area contributed by atoms with Gasteiger partial charge in [0.1, 0.15) is 23.9 Å². The van der Waals surface area contributed by atoms with Crippen LogP contribution in [0.25, 0.3) is 22.3 Å². The summed E-state index contributed by atoms with van der Waals surface area (Å²) in [4.78, 5) is 5.02. The maximum Gasteiger partial charge on any atom is 0.212 e. The Kier molecular flexibility index (Phi) is 10.2. The highest BCUT2D eigenvalue weighted by molar-refractivity contribution is 8.00. The first-order chi connectivity index (χ1) is 21.7. The van der Waals surface area contributed by atoms with Crippen LogP contribution in [0.5, 0.6) is 11.5 Å². The molecular weight excluding hydrogens is 585 g/mol. The number of nitriles is 1. The van der Waals surface area contributed by atoms with Crippen LogP contribution in [0.2, 0.25) is 0 Å². The van der Waals surface area contributed by atoms with E-state index in [1.807, 2.05) is 42.5 Å². The van der Waals surface area contributed by atoms with E-state index in [-0.39, 0.29) is 0 Å². The third kappa shape index (κ3) is 7.84. The van der Waals surface area contributed by atoms with E-state index < -0.39 is 0 Å². The predicted octanol–water partition coefficient (Wildman–Crippen LogP) is 8.13. The Balaban J connectivity index is 1.23. The van der Waals surface area contributed by atoms with Crippen molar-refractivity contribution in [1.82, 2.24) is 20.0 Å². The van der Waals surface area contributed by atoms with Crippen LogP contribution in [-0.2, 0) is 6.54 Å². The van der Waals surface area contributed by atoms with Crippen molar-refractivity contribution in [2.45, 2.75) is 30.7 Å². The molecule has 2 heterocycles. The van der Waals surface area contributed by atoms with E-state index in [0.29, 0.717) is 22.2 Å². The lowest BCUT2D eigenvalue weighted by Crippen LogP contribution is -2.29. The van der Waals surface area contributed by atoms with Crippen LogP contribution >= 0.6 is 23.5 Å². The average molecular weight is 619 g/mol. The SMILES string of the molecule is N#Cc1cc(SNc2ncns2)ccc1Oc1ccc(-c2ccccc2)cc1-c1cccc(CNCCC2CCNCC2)c1. The van der Waals surface area contributed by atoms with E-state index in [9.17, 15) is 5.26 Å². The lowest BCUT2D eigenvalue weighted by Gasteiger charge is -2.22. The fourth-order valence-electron chi connectivity index (χ4n) is 5.40. The van der Waals surface area contributed by atoms with Gasteiger partial charge in [0.2, 0.25) is 5.13 Å². The molecule has 0 atom stereocenters. The summed E-state index contributed by atoms with van der Waals surface area (Å²) in [7, 11) is 0. The maximum atomic E-state index is 9.98. The number of hydrogen-bond donors (Lipinski definition) is 3. The molecule has 1 aromatic heterocycles. The van der Waals surface area contributed by atoms with Gasteiger partial charge in [-0.15, -0.1) is 0 Å². The van der Waals surface area contributed by atoms with Crippen molar-refractivity contribution in [2.75, 3.05) is 24.4 Å². The van der Waals surface area contributed by atoms with E-state index in [2.05, 4.69) is 79.3 Å². The van der Waals surface area contributed by atoms with Crippen molar-refractivity contribution in [1.29, 1.82) is 5.26 Å². The minimum atomic E-state index is 0.457. The van der Waals surface area contributed by atoms with Gasteiger partial charge in [0.25, 0.3) is 0 Å². The van der Waals surface area contributed by atoms with Crippen molar-refractivity contribution in [2.24, 2.45) is 5.92 Å². The molecule has 0 bridgehead atoms. The van der Waals surface area contributed by atoms with Gasteiger partial charge in [-0.05, 0) is 115 Å². The normalized spacial score (nSPS) is 13.3. The number of piperidine rings is 1. The summed E-state index contributed by atoms with van der Waals surface area (Å²) >= 11 is 2.66. The Hall–Kier alpha value is -4.20. The Bertz CT molecular complexity index is 1700. The Morgan fingerprint density at radius 2 is 1.75 bits per heavy atom. The zero-order chi connectivity index (χ0) is 30.0. The first-order valence-electron chi connectivity index (χ1n) is 14.9. The van der Waals surface area contributed by atoms with Crippen molar-refractivity contribution in [3.8, 4) is 39.8 Å². The van der Waals surface area contributed by atoms with Gasteiger partial charge >= 0.3 is 0 Å². The van der Waals surface area contributed by atoms with Gasteiger partial charge in [-0.3, -0.25) is 0 Å². The molecule has 0 amide bonds. The molecule has 1 aliphatic rings. The Labute approximate surface area is 267 Å². The van der Waals surface area contributed by atoms with Crippen LogP contribution in [0.4, 0.5) is 5.13 Å². The second kappa shape index (κ2) is 15.0. The lowest BCUT2D eigenvalue weighted by molar-refractivity contribution is 0.348. The molecule has 1 aliphatic heterocycles. The smallest absolute Gasteiger partial charge is 0.212 e. The topological polar surface area (TPSA) is 94.9 Å². The zero-order valence-corrected chi connectivity index (χ0v) is 26.0. The number of aromatic nitrogens is 2. The minimum Gasteiger partial charge on any atom is -0.455 e. The monoisotopic (exact) mass is 618 g/mol. The zero-order valence-electron chi connectivity index (χ0n) is 24.3.